The van der Waals surface area contributed by atoms with Gasteiger partial charge in [-0.05, 0) is 37.1 Å². The minimum Gasteiger partial charge on any atom is -0.385 e. The van der Waals surface area contributed by atoms with Crippen molar-refractivity contribution >= 4 is 17.4 Å². The molecular weight excluding hydrogens is 282 g/mol. The molecule has 0 bridgehead atoms. The van der Waals surface area contributed by atoms with Crippen molar-refractivity contribution in [1.82, 2.24) is 5.32 Å². The number of ether oxygens (including phenoxy) is 2. The topological polar surface area (TPSA) is 62.8 Å². The molecule has 0 radical (unpaired) electrons. The molecule has 1 aromatic carbocycles. The van der Waals surface area contributed by atoms with E-state index in [-0.39, 0.29) is 6.03 Å². The number of nitrogens with zero attached hydrogens (tertiary/aromatic N) is 1. The molecule has 22 heavy (non-hydrogen) atoms. The van der Waals surface area contributed by atoms with Gasteiger partial charge in [0.1, 0.15) is 0 Å². The number of benzene rings is 1. The molecule has 2 rings (SSSR count). The quantitative estimate of drug-likeness (QED) is 0.789. The lowest BCUT2D eigenvalue weighted by Gasteiger charge is -2.29. The molecule has 0 atom stereocenters. The number of nitrogens with one attached hydrogen (secondary N) is 2. The molecule has 6 heteroatoms. The highest BCUT2D eigenvalue weighted by molar-refractivity contribution is 5.90. The van der Waals surface area contributed by atoms with Crippen LogP contribution in [-0.4, -0.2) is 52.6 Å². The highest BCUT2D eigenvalue weighted by atomic mass is 16.5. The van der Waals surface area contributed by atoms with Gasteiger partial charge in [-0.25, -0.2) is 4.79 Å². The number of hydrogen-bond acceptors (Lipinski definition) is 4. The van der Waals surface area contributed by atoms with Gasteiger partial charge in [-0.2, -0.15) is 0 Å². The monoisotopic (exact) mass is 307 g/mol. The number of amides is 2. The summed E-state index contributed by atoms with van der Waals surface area (Å²) in [5, 5.41) is 5.70. The molecule has 1 saturated heterocycles. The van der Waals surface area contributed by atoms with E-state index in [1.807, 2.05) is 19.1 Å². The third-order valence-corrected chi connectivity index (χ3v) is 3.65. The summed E-state index contributed by atoms with van der Waals surface area (Å²) in [6.45, 7) is 6.60. The summed E-state index contributed by atoms with van der Waals surface area (Å²) in [7, 11) is 1.65. The number of urea groups is 1. The maximum atomic E-state index is 11.8. The van der Waals surface area contributed by atoms with E-state index < -0.39 is 0 Å². The summed E-state index contributed by atoms with van der Waals surface area (Å²) < 4.78 is 10.3. The molecule has 0 unspecified atom stereocenters. The molecule has 1 aliphatic rings. The lowest BCUT2D eigenvalue weighted by Crippen LogP contribution is -2.36. The van der Waals surface area contributed by atoms with Gasteiger partial charge >= 0.3 is 6.03 Å². The largest absolute Gasteiger partial charge is 0.385 e. The Morgan fingerprint density at radius 2 is 2.14 bits per heavy atom. The van der Waals surface area contributed by atoms with Gasteiger partial charge in [0, 0.05) is 44.7 Å². The van der Waals surface area contributed by atoms with Crippen LogP contribution in [0.15, 0.2) is 18.2 Å². The van der Waals surface area contributed by atoms with E-state index in [0.29, 0.717) is 13.2 Å². The van der Waals surface area contributed by atoms with Crippen LogP contribution >= 0.6 is 0 Å². The maximum absolute atomic E-state index is 11.8. The van der Waals surface area contributed by atoms with Crippen LogP contribution in [0.25, 0.3) is 0 Å². The number of methoxy groups -OCH3 is 1. The van der Waals surface area contributed by atoms with Crippen molar-refractivity contribution in [2.45, 2.75) is 13.3 Å². The molecule has 6 nitrogen and oxygen atoms in total. The number of aryl methyl sites for hydroxylation is 1. The number of carbonyl (C=O) groups excluding carboxylic acids is 1. The molecule has 1 heterocycles. The third-order valence-electron chi connectivity index (χ3n) is 3.65. The van der Waals surface area contributed by atoms with Crippen LogP contribution < -0.4 is 15.5 Å². The molecule has 2 N–H and O–H groups in total. The number of hydrogen-bond donors (Lipinski definition) is 2. The van der Waals surface area contributed by atoms with Gasteiger partial charge < -0.3 is 25.0 Å². The molecule has 0 saturated carbocycles. The molecule has 1 aromatic rings. The van der Waals surface area contributed by atoms with E-state index in [1.165, 1.54) is 5.69 Å². The fraction of sp³-hybridized carbons (Fsp3) is 0.562. The van der Waals surface area contributed by atoms with Crippen molar-refractivity contribution in [2.24, 2.45) is 0 Å². The Bertz CT molecular complexity index is 488. The van der Waals surface area contributed by atoms with Crippen LogP contribution in [0.4, 0.5) is 16.2 Å². The fourth-order valence-corrected chi connectivity index (χ4v) is 2.39. The second kappa shape index (κ2) is 8.60. The normalized spacial score (nSPS) is 14.7. The number of carbonyl (C=O) groups is 1. The maximum Gasteiger partial charge on any atom is 0.319 e. The number of morpholine rings is 1. The van der Waals surface area contributed by atoms with Gasteiger partial charge in [0.15, 0.2) is 0 Å². The predicted octanol–water partition coefficient (Wildman–Crippen LogP) is 1.99. The van der Waals surface area contributed by atoms with Crippen LogP contribution in [0.1, 0.15) is 12.0 Å². The first kappa shape index (κ1) is 16.6. The summed E-state index contributed by atoms with van der Waals surface area (Å²) in [6.07, 6.45) is 0.804. The zero-order chi connectivity index (χ0) is 15.8. The lowest BCUT2D eigenvalue weighted by molar-refractivity contribution is 0.122. The van der Waals surface area contributed by atoms with E-state index in [1.54, 1.807) is 7.11 Å². The van der Waals surface area contributed by atoms with Crippen molar-refractivity contribution in [1.29, 1.82) is 0 Å². The summed E-state index contributed by atoms with van der Waals surface area (Å²) in [5.41, 5.74) is 3.06. The molecule has 2 amide bonds. The van der Waals surface area contributed by atoms with Crippen LogP contribution in [0.3, 0.4) is 0 Å². The van der Waals surface area contributed by atoms with Crippen molar-refractivity contribution < 1.29 is 14.3 Å². The van der Waals surface area contributed by atoms with Crippen LogP contribution in [0, 0.1) is 6.92 Å². The molecule has 122 valence electrons. The smallest absolute Gasteiger partial charge is 0.319 e. The Morgan fingerprint density at radius 3 is 2.82 bits per heavy atom. The number of rotatable bonds is 6. The van der Waals surface area contributed by atoms with Crippen LogP contribution in [-0.2, 0) is 9.47 Å². The van der Waals surface area contributed by atoms with Crippen LogP contribution in [0.2, 0.25) is 0 Å². The minimum atomic E-state index is -0.182. The second-order valence-electron chi connectivity index (χ2n) is 5.33. The Hall–Kier alpha value is -1.79. The van der Waals surface area contributed by atoms with E-state index in [0.717, 1.165) is 44.0 Å². The first-order chi connectivity index (χ1) is 10.7. The second-order valence-corrected chi connectivity index (χ2v) is 5.33. The van der Waals surface area contributed by atoms with E-state index in [9.17, 15) is 4.79 Å². The highest BCUT2D eigenvalue weighted by Crippen LogP contribution is 2.23. The first-order valence-corrected chi connectivity index (χ1v) is 7.68. The van der Waals surface area contributed by atoms with Crippen molar-refractivity contribution in [3.63, 3.8) is 0 Å². The Labute approximate surface area is 131 Å². The Morgan fingerprint density at radius 1 is 1.36 bits per heavy atom. The summed E-state index contributed by atoms with van der Waals surface area (Å²) in [5.74, 6) is 0. The van der Waals surface area contributed by atoms with Crippen molar-refractivity contribution in [3.8, 4) is 0 Å². The average molecular weight is 307 g/mol. The molecule has 1 aliphatic heterocycles. The zero-order valence-electron chi connectivity index (χ0n) is 13.4. The molecule has 1 fully saturated rings. The van der Waals surface area contributed by atoms with E-state index >= 15 is 0 Å². The van der Waals surface area contributed by atoms with E-state index in [2.05, 4.69) is 21.6 Å². The minimum absolute atomic E-state index is 0.182. The SMILES string of the molecule is COCCCNC(=O)Nc1ccc(N2CCOCC2)cc1C. The van der Waals surface area contributed by atoms with E-state index in [4.69, 9.17) is 9.47 Å². The lowest BCUT2D eigenvalue weighted by atomic mass is 10.1. The Balaban J connectivity index is 1.87. The zero-order valence-corrected chi connectivity index (χ0v) is 13.4. The van der Waals surface area contributed by atoms with Gasteiger partial charge in [-0.3, -0.25) is 0 Å². The summed E-state index contributed by atoms with van der Waals surface area (Å²) >= 11 is 0. The first-order valence-electron chi connectivity index (χ1n) is 7.68. The summed E-state index contributed by atoms with van der Waals surface area (Å²) in [4.78, 5) is 14.1. The van der Waals surface area contributed by atoms with Crippen LogP contribution in [0.5, 0.6) is 0 Å². The average Bonchev–Trinajstić information content (AvgIpc) is 2.54. The van der Waals surface area contributed by atoms with Crippen molar-refractivity contribution in [2.75, 3.05) is 56.8 Å². The highest BCUT2D eigenvalue weighted by Gasteiger charge is 2.12. The van der Waals surface area contributed by atoms with Gasteiger partial charge in [-0.15, -0.1) is 0 Å². The Kier molecular flexibility index (Phi) is 6.48. The third kappa shape index (κ3) is 4.89. The predicted molar refractivity (Wildman–Crippen MR) is 87.7 cm³/mol. The van der Waals surface area contributed by atoms with Gasteiger partial charge in [-0.1, -0.05) is 0 Å². The van der Waals surface area contributed by atoms with Gasteiger partial charge in [0.05, 0.1) is 13.2 Å². The van der Waals surface area contributed by atoms with Crippen molar-refractivity contribution in [3.05, 3.63) is 23.8 Å². The number of anilines is 2. The van der Waals surface area contributed by atoms with Gasteiger partial charge in [0.2, 0.25) is 0 Å². The van der Waals surface area contributed by atoms with Gasteiger partial charge in [0.25, 0.3) is 0 Å². The molecule has 0 aromatic heterocycles. The summed E-state index contributed by atoms with van der Waals surface area (Å²) in [6, 6.07) is 5.91. The molecule has 0 spiro atoms. The molecular formula is C16H25N3O3. The molecule has 0 aliphatic carbocycles. The standard InChI is InChI=1S/C16H25N3O3/c1-13-12-14(19-7-10-22-11-8-19)4-5-15(13)18-16(20)17-6-3-9-21-2/h4-5,12H,3,6-11H2,1-2H3,(H2,17,18,20). The fourth-order valence-electron chi connectivity index (χ4n) is 2.39.